The molecule has 7 heteroatoms. The summed E-state index contributed by atoms with van der Waals surface area (Å²) in [5.74, 6) is 0.713. The number of aromatic nitrogens is 2. The van der Waals surface area contributed by atoms with Gasteiger partial charge in [-0.15, -0.1) is 0 Å². The van der Waals surface area contributed by atoms with E-state index in [0.29, 0.717) is 41.3 Å². The number of para-hydroxylation sites is 1. The van der Waals surface area contributed by atoms with Crippen LogP contribution in [0, 0.1) is 12.8 Å². The van der Waals surface area contributed by atoms with E-state index in [0.717, 1.165) is 36.9 Å². The fraction of sp³-hybridized carbons (Fsp3) is 0.464. The van der Waals surface area contributed by atoms with Gasteiger partial charge in [-0.2, -0.15) is 0 Å². The fourth-order valence-electron chi connectivity index (χ4n) is 5.21. The molecule has 0 radical (unpaired) electrons. The monoisotopic (exact) mass is 495 g/mol. The number of nitrogens with zero attached hydrogens (tertiary/aromatic N) is 3. The normalized spacial score (nSPS) is 15.3. The quantitative estimate of drug-likeness (QED) is 0.393. The zero-order chi connectivity index (χ0) is 24.9. The Morgan fingerprint density at radius 1 is 1.20 bits per heavy atom. The van der Waals surface area contributed by atoms with Crippen molar-refractivity contribution in [2.45, 2.75) is 58.4 Å². The number of hydrogen-bond acceptors (Lipinski definition) is 4. The summed E-state index contributed by atoms with van der Waals surface area (Å²) in [4.78, 5) is 34.6. The molecule has 1 amide bonds. The molecule has 0 N–H and O–H groups in total. The molecular weight excluding hydrogens is 462 g/mol. The zero-order valence-corrected chi connectivity index (χ0v) is 21.6. The van der Waals surface area contributed by atoms with Crippen LogP contribution in [0.2, 0.25) is 5.02 Å². The summed E-state index contributed by atoms with van der Waals surface area (Å²) >= 11 is 6.23. The Labute approximate surface area is 211 Å². The second kappa shape index (κ2) is 11.4. The van der Waals surface area contributed by atoms with Gasteiger partial charge in [0.25, 0.3) is 5.56 Å². The maximum atomic E-state index is 13.9. The van der Waals surface area contributed by atoms with Gasteiger partial charge in [0.05, 0.1) is 29.2 Å². The van der Waals surface area contributed by atoms with Gasteiger partial charge in [0.15, 0.2) is 0 Å². The Bertz CT molecular complexity index is 1250. The van der Waals surface area contributed by atoms with Crippen LogP contribution < -0.4 is 5.56 Å². The highest BCUT2D eigenvalue weighted by Gasteiger charge is 2.33. The van der Waals surface area contributed by atoms with Crippen LogP contribution in [0.3, 0.4) is 0 Å². The average Bonchev–Trinajstić information content (AvgIpc) is 2.87. The molecule has 1 fully saturated rings. The highest BCUT2D eigenvalue weighted by atomic mass is 35.5. The van der Waals surface area contributed by atoms with E-state index in [1.807, 2.05) is 49.1 Å². The summed E-state index contributed by atoms with van der Waals surface area (Å²) in [6, 6.07) is 12.5. The minimum atomic E-state index is -0.369. The summed E-state index contributed by atoms with van der Waals surface area (Å²) in [6.45, 7) is 4.85. The smallest absolute Gasteiger partial charge is 0.266 e. The number of carbonyl (C=O) groups is 1. The third kappa shape index (κ3) is 5.29. The van der Waals surface area contributed by atoms with Crippen LogP contribution in [-0.2, 0) is 9.53 Å². The molecule has 35 heavy (non-hydrogen) atoms. The number of benzene rings is 2. The lowest BCUT2D eigenvalue weighted by molar-refractivity contribution is -0.140. The molecule has 1 aliphatic carbocycles. The minimum Gasteiger partial charge on any atom is -0.383 e. The SMILES string of the molecule is CCC(c1nc2ccccc2c(=O)n1-c1ccc(Cl)cc1C)N(CCOC)C(=O)C1CCCCC1. The summed E-state index contributed by atoms with van der Waals surface area (Å²) in [5.41, 5.74) is 2.08. The van der Waals surface area contributed by atoms with Crippen molar-refractivity contribution >= 4 is 28.4 Å². The Balaban J connectivity index is 1.91. The molecule has 4 rings (SSSR count). The zero-order valence-electron chi connectivity index (χ0n) is 20.8. The Morgan fingerprint density at radius 3 is 2.63 bits per heavy atom. The Hall–Kier alpha value is -2.70. The van der Waals surface area contributed by atoms with Crippen LogP contribution in [-0.4, -0.2) is 40.6 Å². The van der Waals surface area contributed by atoms with Crippen LogP contribution in [0.15, 0.2) is 47.3 Å². The first-order valence-corrected chi connectivity index (χ1v) is 12.9. The lowest BCUT2D eigenvalue weighted by Gasteiger charge is -2.35. The maximum Gasteiger partial charge on any atom is 0.266 e. The van der Waals surface area contributed by atoms with Crippen molar-refractivity contribution in [2.24, 2.45) is 5.92 Å². The van der Waals surface area contributed by atoms with E-state index in [2.05, 4.69) is 0 Å². The summed E-state index contributed by atoms with van der Waals surface area (Å²) in [7, 11) is 1.64. The molecule has 2 aromatic carbocycles. The molecule has 0 saturated heterocycles. The molecule has 0 bridgehead atoms. The van der Waals surface area contributed by atoms with Gasteiger partial charge < -0.3 is 9.64 Å². The molecule has 1 heterocycles. The van der Waals surface area contributed by atoms with Crippen molar-refractivity contribution in [3.63, 3.8) is 0 Å². The van der Waals surface area contributed by atoms with E-state index in [4.69, 9.17) is 21.3 Å². The minimum absolute atomic E-state index is 0.00699. The van der Waals surface area contributed by atoms with Crippen molar-refractivity contribution < 1.29 is 9.53 Å². The number of amides is 1. The van der Waals surface area contributed by atoms with Crippen molar-refractivity contribution in [1.29, 1.82) is 0 Å². The van der Waals surface area contributed by atoms with Crippen LogP contribution >= 0.6 is 11.6 Å². The molecule has 1 unspecified atom stereocenters. The Morgan fingerprint density at radius 2 is 1.94 bits per heavy atom. The van der Waals surface area contributed by atoms with Crippen LogP contribution in [0.1, 0.15) is 62.9 Å². The van der Waals surface area contributed by atoms with E-state index in [1.165, 1.54) is 6.42 Å². The third-order valence-electron chi connectivity index (χ3n) is 7.04. The van der Waals surface area contributed by atoms with Gasteiger partial charge in [0.1, 0.15) is 5.82 Å². The summed E-state index contributed by atoms with van der Waals surface area (Å²) < 4.78 is 7.06. The van der Waals surface area contributed by atoms with E-state index in [9.17, 15) is 9.59 Å². The Kier molecular flexibility index (Phi) is 8.24. The second-order valence-corrected chi connectivity index (χ2v) is 9.78. The standard InChI is InChI=1S/C28H34ClN3O3/c1-4-24(31(16-17-35-3)27(33)20-10-6-5-7-11-20)26-30-23-13-9-8-12-22(23)28(34)32(26)25-15-14-21(29)18-19(25)2/h8-9,12-15,18,20,24H,4-7,10-11,16-17H2,1-3H3. The van der Waals surface area contributed by atoms with Crippen LogP contribution in [0.25, 0.3) is 16.6 Å². The van der Waals surface area contributed by atoms with Gasteiger partial charge in [-0.05, 0) is 62.1 Å². The van der Waals surface area contributed by atoms with Crippen molar-refractivity contribution in [3.05, 3.63) is 69.2 Å². The van der Waals surface area contributed by atoms with Gasteiger partial charge in [0.2, 0.25) is 5.91 Å². The average molecular weight is 496 g/mol. The first-order chi connectivity index (χ1) is 17.0. The summed E-state index contributed by atoms with van der Waals surface area (Å²) in [6.07, 6.45) is 5.78. The van der Waals surface area contributed by atoms with Crippen LogP contribution in [0.4, 0.5) is 0 Å². The number of fused-ring (bicyclic) bond motifs is 1. The topological polar surface area (TPSA) is 64.4 Å². The van der Waals surface area contributed by atoms with Crippen LogP contribution in [0.5, 0.6) is 0 Å². The van der Waals surface area contributed by atoms with Crippen molar-refractivity contribution in [3.8, 4) is 5.69 Å². The highest BCUT2D eigenvalue weighted by molar-refractivity contribution is 6.30. The first kappa shape index (κ1) is 25.4. The van der Waals surface area contributed by atoms with E-state index in [1.54, 1.807) is 23.8 Å². The molecule has 0 aliphatic heterocycles. The second-order valence-electron chi connectivity index (χ2n) is 9.34. The summed E-state index contributed by atoms with van der Waals surface area (Å²) in [5, 5.41) is 1.15. The van der Waals surface area contributed by atoms with Gasteiger partial charge in [-0.1, -0.05) is 49.9 Å². The molecule has 6 nitrogen and oxygen atoms in total. The van der Waals surface area contributed by atoms with Crippen molar-refractivity contribution in [1.82, 2.24) is 14.5 Å². The lowest BCUT2D eigenvalue weighted by Crippen LogP contribution is -2.43. The molecular formula is C28H34ClN3O3. The number of ether oxygens (including phenoxy) is 1. The lowest BCUT2D eigenvalue weighted by atomic mass is 9.87. The molecule has 1 aromatic heterocycles. The predicted molar refractivity (Wildman–Crippen MR) is 140 cm³/mol. The number of halogens is 1. The molecule has 1 saturated carbocycles. The fourth-order valence-corrected chi connectivity index (χ4v) is 5.44. The number of rotatable bonds is 8. The number of carbonyl (C=O) groups excluding carboxylic acids is 1. The molecule has 1 atom stereocenters. The number of hydrogen-bond donors (Lipinski definition) is 0. The van der Waals surface area contributed by atoms with E-state index in [-0.39, 0.29) is 23.4 Å². The van der Waals surface area contributed by atoms with Gasteiger partial charge >= 0.3 is 0 Å². The highest BCUT2D eigenvalue weighted by Crippen LogP contribution is 2.32. The first-order valence-electron chi connectivity index (χ1n) is 12.5. The predicted octanol–water partition coefficient (Wildman–Crippen LogP) is 5.85. The number of methoxy groups -OCH3 is 1. The molecule has 186 valence electrons. The van der Waals surface area contributed by atoms with Gasteiger partial charge in [0, 0.05) is 24.6 Å². The van der Waals surface area contributed by atoms with Gasteiger partial charge in [-0.3, -0.25) is 14.2 Å². The van der Waals surface area contributed by atoms with E-state index >= 15 is 0 Å². The molecule has 0 spiro atoms. The van der Waals surface area contributed by atoms with Gasteiger partial charge in [-0.25, -0.2) is 4.98 Å². The molecule has 3 aromatic rings. The largest absolute Gasteiger partial charge is 0.383 e. The maximum absolute atomic E-state index is 13.9. The number of aryl methyl sites for hydroxylation is 1. The van der Waals surface area contributed by atoms with E-state index < -0.39 is 0 Å². The van der Waals surface area contributed by atoms with Crippen molar-refractivity contribution in [2.75, 3.05) is 20.3 Å². The molecule has 1 aliphatic rings. The third-order valence-corrected chi connectivity index (χ3v) is 7.27.